The van der Waals surface area contributed by atoms with E-state index in [1.807, 2.05) is 7.05 Å². The standard InChI is InChI=1S/C13H19N3O4/c1-13(2,3)20-12(19)16-6-8-9(15(4)7-14-8)5-10(16)11(17)18/h7,10H,5-6H2,1-4H3,(H,17,18)/t10-/m0/s1. The van der Waals surface area contributed by atoms with Gasteiger partial charge in [0.1, 0.15) is 11.6 Å². The third kappa shape index (κ3) is 2.76. The van der Waals surface area contributed by atoms with E-state index in [1.54, 1.807) is 31.7 Å². The van der Waals surface area contributed by atoms with Gasteiger partial charge in [0.25, 0.3) is 0 Å². The van der Waals surface area contributed by atoms with E-state index in [9.17, 15) is 14.7 Å². The molecule has 0 aliphatic carbocycles. The summed E-state index contributed by atoms with van der Waals surface area (Å²) in [6.07, 6.45) is 1.24. The van der Waals surface area contributed by atoms with Gasteiger partial charge in [-0.2, -0.15) is 0 Å². The van der Waals surface area contributed by atoms with Gasteiger partial charge < -0.3 is 14.4 Å². The maximum Gasteiger partial charge on any atom is 0.411 e. The van der Waals surface area contributed by atoms with E-state index >= 15 is 0 Å². The zero-order valence-corrected chi connectivity index (χ0v) is 12.1. The summed E-state index contributed by atoms with van der Waals surface area (Å²) in [5, 5.41) is 9.33. The monoisotopic (exact) mass is 281 g/mol. The number of carboxylic acid groups (broad SMARTS) is 1. The topological polar surface area (TPSA) is 84.7 Å². The van der Waals surface area contributed by atoms with Crippen molar-refractivity contribution in [2.45, 2.75) is 45.4 Å². The van der Waals surface area contributed by atoms with Crippen LogP contribution in [0, 0.1) is 0 Å². The molecule has 1 N–H and O–H groups in total. The second-order valence-corrected chi connectivity index (χ2v) is 5.92. The number of hydrogen-bond donors (Lipinski definition) is 1. The van der Waals surface area contributed by atoms with E-state index in [-0.39, 0.29) is 13.0 Å². The number of hydrogen-bond acceptors (Lipinski definition) is 4. The number of aromatic nitrogens is 2. The summed E-state index contributed by atoms with van der Waals surface area (Å²) in [7, 11) is 1.81. The minimum absolute atomic E-state index is 0.155. The molecule has 0 unspecified atom stereocenters. The number of carbonyl (C=O) groups is 2. The quantitative estimate of drug-likeness (QED) is 0.835. The van der Waals surface area contributed by atoms with Crippen LogP contribution in [-0.2, 0) is 29.5 Å². The lowest BCUT2D eigenvalue weighted by Gasteiger charge is -2.34. The number of aryl methyl sites for hydroxylation is 1. The number of carbonyl (C=O) groups excluding carboxylic acids is 1. The molecule has 1 aliphatic rings. The first kappa shape index (κ1) is 14.4. The van der Waals surface area contributed by atoms with Crippen molar-refractivity contribution < 1.29 is 19.4 Å². The first-order valence-electron chi connectivity index (χ1n) is 6.40. The third-order valence-corrected chi connectivity index (χ3v) is 3.14. The van der Waals surface area contributed by atoms with Crippen LogP contribution in [-0.4, -0.2) is 43.3 Å². The molecule has 2 rings (SSSR count). The SMILES string of the molecule is Cn1cnc2c1C[C@@H](C(=O)O)N(C(=O)OC(C)(C)C)C2. The Morgan fingerprint density at radius 1 is 1.45 bits per heavy atom. The Hall–Kier alpha value is -2.05. The summed E-state index contributed by atoms with van der Waals surface area (Å²) < 4.78 is 7.06. The van der Waals surface area contributed by atoms with Crippen molar-refractivity contribution in [3.63, 3.8) is 0 Å². The number of rotatable bonds is 1. The first-order chi connectivity index (χ1) is 9.19. The van der Waals surface area contributed by atoms with Crippen LogP contribution in [0.25, 0.3) is 0 Å². The van der Waals surface area contributed by atoms with Crippen molar-refractivity contribution in [1.29, 1.82) is 0 Å². The van der Waals surface area contributed by atoms with Crippen molar-refractivity contribution in [3.8, 4) is 0 Å². The molecule has 0 aromatic carbocycles. The van der Waals surface area contributed by atoms with Gasteiger partial charge in [0.05, 0.1) is 18.6 Å². The summed E-state index contributed by atoms with van der Waals surface area (Å²) >= 11 is 0. The Morgan fingerprint density at radius 3 is 2.65 bits per heavy atom. The van der Waals surface area contributed by atoms with Gasteiger partial charge in [-0.05, 0) is 20.8 Å². The van der Waals surface area contributed by atoms with Crippen LogP contribution in [0.5, 0.6) is 0 Å². The lowest BCUT2D eigenvalue weighted by Crippen LogP contribution is -2.50. The molecule has 20 heavy (non-hydrogen) atoms. The summed E-state index contributed by atoms with van der Waals surface area (Å²) in [5.41, 5.74) is 0.901. The van der Waals surface area contributed by atoms with Crippen LogP contribution in [0.3, 0.4) is 0 Å². The number of carboxylic acids is 1. The molecule has 7 heteroatoms. The minimum Gasteiger partial charge on any atom is -0.480 e. The van der Waals surface area contributed by atoms with Gasteiger partial charge in [-0.15, -0.1) is 0 Å². The normalized spacial score (nSPS) is 18.6. The Kier molecular flexibility index (Phi) is 3.45. The second kappa shape index (κ2) is 4.81. The lowest BCUT2D eigenvalue weighted by atomic mass is 10.0. The van der Waals surface area contributed by atoms with Crippen LogP contribution in [0.4, 0.5) is 4.79 Å². The highest BCUT2D eigenvalue weighted by atomic mass is 16.6. The number of nitrogens with zero attached hydrogens (tertiary/aromatic N) is 3. The second-order valence-electron chi connectivity index (χ2n) is 5.92. The summed E-state index contributed by atoms with van der Waals surface area (Å²) in [5.74, 6) is -1.04. The van der Waals surface area contributed by atoms with Crippen molar-refractivity contribution in [3.05, 3.63) is 17.7 Å². The van der Waals surface area contributed by atoms with Gasteiger partial charge >= 0.3 is 12.1 Å². The fraction of sp³-hybridized carbons (Fsp3) is 0.615. The number of amides is 1. The largest absolute Gasteiger partial charge is 0.480 e. The number of aliphatic carboxylic acids is 1. The average molecular weight is 281 g/mol. The maximum atomic E-state index is 12.2. The summed E-state index contributed by atoms with van der Waals surface area (Å²) in [6.45, 7) is 5.40. The van der Waals surface area contributed by atoms with Gasteiger partial charge in [0.15, 0.2) is 0 Å². The summed E-state index contributed by atoms with van der Waals surface area (Å²) in [6, 6.07) is -0.923. The third-order valence-electron chi connectivity index (χ3n) is 3.14. The predicted molar refractivity (Wildman–Crippen MR) is 70.1 cm³/mol. The molecule has 1 amide bonds. The van der Waals surface area contributed by atoms with Crippen LogP contribution in [0.1, 0.15) is 32.2 Å². The molecule has 0 spiro atoms. The molecule has 0 bridgehead atoms. The Bertz CT molecular complexity index is 544. The van der Waals surface area contributed by atoms with E-state index < -0.39 is 23.7 Å². The summed E-state index contributed by atoms with van der Waals surface area (Å²) in [4.78, 5) is 29.0. The van der Waals surface area contributed by atoms with Gasteiger partial charge in [-0.3, -0.25) is 4.90 Å². The van der Waals surface area contributed by atoms with E-state index in [4.69, 9.17) is 4.74 Å². The van der Waals surface area contributed by atoms with Crippen molar-refractivity contribution >= 4 is 12.1 Å². The Morgan fingerprint density at radius 2 is 2.10 bits per heavy atom. The predicted octanol–water partition coefficient (Wildman–Crippen LogP) is 1.17. The molecule has 110 valence electrons. The highest BCUT2D eigenvalue weighted by Crippen LogP contribution is 2.24. The maximum absolute atomic E-state index is 12.2. The molecule has 7 nitrogen and oxygen atoms in total. The van der Waals surface area contributed by atoms with Gasteiger partial charge in [0, 0.05) is 19.2 Å². The number of ether oxygens (including phenoxy) is 1. The van der Waals surface area contributed by atoms with E-state index in [0.29, 0.717) is 0 Å². The Balaban J connectivity index is 2.27. The zero-order chi connectivity index (χ0) is 15.1. The van der Waals surface area contributed by atoms with Crippen LogP contribution < -0.4 is 0 Å². The van der Waals surface area contributed by atoms with Gasteiger partial charge in [-0.1, -0.05) is 0 Å². The molecule has 1 atom stereocenters. The smallest absolute Gasteiger partial charge is 0.411 e. The van der Waals surface area contributed by atoms with Crippen LogP contribution in [0.15, 0.2) is 6.33 Å². The van der Waals surface area contributed by atoms with E-state index in [1.165, 1.54) is 4.90 Å². The van der Waals surface area contributed by atoms with E-state index in [0.717, 1.165) is 11.4 Å². The highest BCUT2D eigenvalue weighted by Gasteiger charge is 2.38. The number of fused-ring (bicyclic) bond motifs is 1. The van der Waals surface area contributed by atoms with Gasteiger partial charge in [0.2, 0.25) is 0 Å². The molecular weight excluding hydrogens is 262 g/mol. The first-order valence-corrected chi connectivity index (χ1v) is 6.40. The van der Waals surface area contributed by atoms with E-state index in [2.05, 4.69) is 4.98 Å². The molecule has 0 saturated carbocycles. The molecule has 1 aromatic rings. The van der Waals surface area contributed by atoms with Gasteiger partial charge in [-0.25, -0.2) is 14.6 Å². The van der Waals surface area contributed by atoms with Crippen molar-refractivity contribution in [1.82, 2.24) is 14.5 Å². The fourth-order valence-corrected chi connectivity index (χ4v) is 2.20. The zero-order valence-electron chi connectivity index (χ0n) is 12.1. The minimum atomic E-state index is -1.04. The molecule has 0 saturated heterocycles. The lowest BCUT2D eigenvalue weighted by molar-refractivity contribution is -0.143. The molecule has 0 fully saturated rings. The Labute approximate surface area is 117 Å². The molecule has 2 heterocycles. The molecular formula is C13H19N3O4. The van der Waals surface area contributed by atoms with Crippen molar-refractivity contribution in [2.24, 2.45) is 7.05 Å². The van der Waals surface area contributed by atoms with Crippen molar-refractivity contribution in [2.75, 3.05) is 0 Å². The molecule has 1 aliphatic heterocycles. The fourth-order valence-electron chi connectivity index (χ4n) is 2.20. The molecule has 0 radical (unpaired) electrons. The van der Waals surface area contributed by atoms with Crippen LogP contribution in [0.2, 0.25) is 0 Å². The highest BCUT2D eigenvalue weighted by molar-refractivity contribution is 5.81. The number of imidazole rings is 1. The van der Waals surface area contributed by atoms with Crippen LogP contribution >= 0.6 is 0 Å². The molecule has 1 aromatic heterocycles. The average Bonchev–Trinajstić information content (AvgIpc) is 2.67.